The van der Waals surface area contributed by atoms with Crippen LogP contribution in [-0.4, -0.2) is 45.1 Å². The van der Waals surface area contributed by atoms with Crippen LogP contribution in [0.4, 0.5) is 5.69 Å². The molecule has 1 heterocycles. The molecule has 24 heavy (non-hydrogen) atoms. The van der Waals surface area contributed by atoms with Gasteiger partial charge in [-0.1, -0.05) is 32.9 Å². The first-order valence-corrected chi connectivity index (χ1v) is 10.3. The predicted octanol–water partition coefficient (Wildman–Crippen LogP) is 2.76. The van der Waals surface area contributed by atoms with E-state index in [9.17, 15) is 13.2 Å². The standard InChI is InChI=1S/C18H28N2O3S/c1-18(2,3)15-7-9-16(10-8-15)20(24(4,22)23)14-11-17(21)19-12-5-6-13-19/h7-10H,5-6,11-14H2,1-4H3. The molecular weight excluding hydrogens is 324 g/mol. The number of amides is 1. The SMILES string of the molecule is CC(C)(C)c1ccc(N(CCC(=O)N2CCCC2)S(C)(=O)=O)cc1. The second-order valence-corrected chi connectivity index (χ2v) is 9.38. The van der Waals surface area contributed by atoms with E-state index in [2.05, 4.69) is 20.8 Å². The summed E-state index contributed by atoms with van der Waals surface area (Å²) in [5.74, 6) is 0.0347. The highest BCUT2D eigenvalue weighted by molar-refractivity contribution is 7.92. The molecule has 1 aliphatic rings. The number of benzene rings is 1. The Bertz CT molecular complexity index is 669. The first kappa shape index (κ1) is 18.8. The van der Waals surface area contributed by atoms with Crippen molar-refractivity contribution in [1.82, 2.24) is 4.90 Å². The number of carbonyl (C=O) groups is 1. The van der Waals surface area contributed by atoms with Crippen LogP contribution in [0.1, 0.15) is 45.6 Å². The maximum Gasteiger partial charge on any atom is 0.232 e. The molecule has 6 heteroatoms. The minimum Gasteiger partial charge on any atom is -0.343 e. The summed E-state index contributed by atoms with van der Waals surface area (Å²) in [5.41, 5.74) is 1.77. The van der Waals surface area contributed by atoms with Gasteiger partial charge in [-0.05, 0) is 36.0 Å². The molecule has 1 aromatic rings. The van der Waals surface area contributed by atoms with Crippen LogP contribution in [0.15, 0.2) is 24.3 Å². The Balaban J connectivity index is 2.12. The first-order chi connectivity index (χ1) is 11.1. The predicted molar refractivity (Wildman–Crippen MR) is 97.8 cm³/mol. The molecule has 1 amide bonds. The smallest absolute Gasteiger partial charge is 0.232 e. The summed E-state index contributed by atoms with van der Waals surface area (Å²) < 4.78 is 25.6. The highest BCUT2D eigenvalue weighted by Crippen LogP contribution is 2.26. The quantitative estimate of drug-likeness (QED) is 0.819. The number of nitrogens with zero attached hydrogens (tertiary/aromatic N) is 2. The number of likely N-dealkylation sites (tertiary alicyclic amines) is 1. The van der Waals surface area contributed by atoms with E-state index < -0.39 is 10.0 Å². The zero-order valence-corrected chi connectivity index (χ0v) is 15.9. The molecule has 1 saturated heterocycles. The average Bonchev–Trinajstić information content (AvgIpc) is 2.99. The van der Waals surface area contributed by atoms with Crippen LogP contribution in [0, 0.1) is 0 Å². The van der Waals surface area contributed by atoms with Crippen LogP contribution in [0.5, 0.6) is 0 Å². The molecule has 0 radical (unpaired) electrons. The van der Waals surface area contributed by atoms with Crippen molar-refractivity contribution in [3.05, 3.63) is 29.8 Å². The fourth-order valence-electron chi connectivity index (χ4n) is 2.94. The van der Waals surface area contributed by atoms with Gasteiger partial charge in [0, 0.05) is 26.1 Å². The Labute approximate surface area is 145 Å². The molecule has 0 saturated carbocycles. The second-order valence-electron chi connectivity index (χ2n) is 7.47. The van der Waals surface area contributed by atoms with E-state index in [-0.39, 0.29) is 24.3 Å². The number of sulfonamides is 1. The Morgan fingerprint density at radius 1 is 1.12 bits per heavy atom. The third-order valence-electron chi connectivity index (χ3n) is 4.41. The van der Waals surface area contributed by atoms with Crippen molar-refractivity contribution in [2.24, 2.45) is 0 Å². The molecule has 0 spiro atoms. The summed E-state index contributed by atoms with van der Waals surface area (Å²) in [5, 5.41) is 0. The lowest BCUT2D eigenvalue weighted by Gasteiger charge is -2.25. The fourth-order valence-corrected chi connectivity index (χ4v) is 3.86. The molecule has 0 unspecified atom stereocenters. The molecule has 5 nitrogen and oxygen atoms in total. The summed E-state index contributed by atoms with van der Waals surface area (Å²) in [4.78, 5) is 14.0. The highest BCUT2D eigenvalue weighted by Gasteiger charge is 2.23. The van der Waals surface area contributed by atoms with Gasteiger partial charge in [-0.2, -0.15) is 0 Å². The van der Waals surface area contributed by atoms with Gasteiger partial charge in [0.2, 0.25) is 15.9 Å². The lowest BCUT2D eigenvalue weighted by atomic mass is 9.87. The monoisotopic (exact) mass is 352 g/mol. The Morgan fingerprint density at radius 2 is 1.67 bits per heavy atom. The second kappa shape index (κ2) is 7.13. The molecule has 0 N–H and O–H groups in total. The Hall–Kier alpha value is -1.56. The third kappa shape index (κ3) is 4.72. The van der Waals surface area contributed by atoms with Crippen molar-refractivity contribution in [1.29, 1.82) is 0 Å². The van der Waals surface area contributed by atoms with Gasteiger partial charge in [-0.3, -0.25) is 9.10 Å². The normalized spacial score (nSPS) is 15.6. The number of carbonyl (C=O) groups excluding carboxylic acids is 1. The summed E-state index contributed by atoms with van der Waals surface area (Å²) in [7, 11) is -3.42. The zero-order chi connectivity index (χ0) is 18.0. The van der Waals surface area contributed by atoms with Crippen molar-refractivity contribution in [3.63, 3.8) is 0 Å². The van der Waals surface area contributed by atoms with E-state index in [1.54, 1.807) is 0 Å². The minimum absolute atomic E-state index is 0.0141. The van der Waals surface area contributed by atoms with Crippen molar-refractivity contribution < 1.29 is 13.2 Å². The van der Waals surface area contributed by atoms with Crippen molar-refractivity contribution in [2.75, 3.05) is 30.2 Å². The van der Waals surface area contributed by atoms with E-state index in [1.807, 2.05) is 29.2 Å². The van der Waals surface area contributed by atoms with E-state index >= 15 is 0 Å². The number of hydrogen-bond acceptors (Lipinski definition) is 3. The number of anilines is 1. The minimum atomic E-state index is -3.42. The molecule has 134 valence electrons. The van der Waals surface area contributed by atoms with Gasteiger partial charge >= 0.3 is 0 Å². The first-order valence-electron chi connectivity index (χ1n) is 8.45. The van der Waals surface area contributed by atoms with E-state index in [1.165, 1.54) is 10.6 Å². The van der Waals surface area contributed by atoms with Gasteiger partial charge < -0.3 is 4.90 Å². The molecule has 1 aromatic carbocycles. The molecule has 1 aliphatic heterocycles. The largest absolute Gasteiger partial charge is 0.343 e. The summed E-state index contributed by atoms with van der Waals surface area (Å²) in [6.07, 6.45) is 3.48. The van der Waals surface area contributed by atoms with Crippen molar-refractivity contribution >= 4 is 21.6 Å². The fraction of sp³-hybridized carbons (Fsp3) is 0.611. The summed E-state index contributed by atoms with van der Waals surface area (Å²) in [6.45, 7) is 8.11. The molecule has 0 bridgehead atoms. The van der Waals surface area contributed by atoms with Gasteiger partial charge in [0.1, 0.15) is 0 Å². The topological polar surface area (TPSA) is 57.7 Å². The maximum atomic E-state index is 12.2. The average molecular weight is 352 g/mol. The van der Waals surface area contributed by atoms with Crippen LogP contribution in [0.3, 0.4) is 0 Å². The molecular formula is C18H28N2O3S. The van der Waals surface area contributed by atoms with Crippen LogP contribution in [-0.2, 0) is 20.2 Å². The third-order valence-corrected chi connectivity index (χ3v) is 5.60. The van der Waals surface area contributed by atoms with E-state index in [4.69, 9.17) is 0 Å². The Morgan fingerprint density at radius 3 is 2.12 bits per heavy atom. The Kier molecular flexibility index (Phi) is 5.58. The van der Waals surface area contributed by atoms with E-state index in [0.29, 0.717) is 5.69 Å². The summed E-state index contributed by atoms with van der Waals surface area (Å²) >= 11 is 0. The number of rotatable bonds is 5. The van der Waals surface area contributed by atoms with Gasteiger partial charge in [0.05, 0.1) is 11.9 Å². The van der Waals surface area contributed by atoms with Crippen LogP contribution in [0.25, 0.3) is 0 Å². The summed E-state index contributed by atoms with van der Waals surface area (Å²) in [6, 6.07) is 7.55. The lowest BCUT2D eigenvalue weighted by Crippen LogP contribution is -2.35. The molecule has 0 atom stereocenters. The van der Waals surface area contributed by atoms with Gasteiger partial charge in [-0.25, -0.2) is 8.42 Å². The lowest BCUT2D eigenvalue weighted by molar-refractivity contribution is -0.129. The maximum absolute atomic E-state index is 12.2. The molecule has 0 aromatic heterocycles. The van der Waals surface area contributed by atoms with Crippen LogP contribution >= 0.6 is 0 Å². The van der Waals surface area contributed by atoms with E-state index in [0.717, 1.165) is 31.5 Å². The van der Waals surface area contributed by atoms with Gasteiger partial charge in [0.25, 0.3) is 0 Å². The molecule has 2 rings (SSSR count). The molecule has 0 aliphatic carbocycles. The van der Waals surface area contributed by atoms with Crippen LogP contribution < -0.4 is 4.31 Å². The van der Waals surface area contributed by atoms with Gasteiger partial charge in [-0.15, -0.1) is 0 Å². The van der Waals surface area contributed by atoms with Gasteiger partial charge in [0.15, 0.2) is 0 Å². The number of hydrogen-bond donors (Lipinski definition) is 0. The van der Waals surface area contributed by atoms with Crippen LogP contribution in [0.2, 0.25) is 0 Å². The zero-order valence-electron chi connectivity index (χ0n) is 15.1. The van der Waals surface area contributed by atoms with Crippen molar-refractivity contribution in [2.45, 2.75) is 45.4 Å². The molecule has 1 fully saturated rings. The highest BCUT2D eigenvalue weighted by atomic mass is 32.2. The van der Waals surface area contributed by atoms with Crippen molar-refractivity contribution in [3.8, 4) is 0 Å².